The van der Waals surface area contributed by atoms with Crippen LogP contribution in [-0.4, -0.2) is 23.7 Å². The second-order valence-corrected chi connectivity index (χ2v) is 5.60. The van der Waals surface area contributed by atoms with Crippen molar-refractivity contribution >= 4 is 5.91 Å². The maximum absolute atomic E-state index is 13.0. The van der Waals surface area contributed by atoms with E-state index in [2.05, 4.69) is 5.32 Å². The average Bonchev–Trinajstić information content (AvgIpc) is 2.40. The Kier molecular flexibility index (Phi) is 7.29. The second kappa shape index (κ2) is 8.72. The molecule has 5 heteroatoms. The average molecular weight is 299 g/mol. The molecule has 0 aliphatic heterocycles. The van der Waals surface area contributed by atoms with Crippen molar-refractivity contribution in [3.8, 4) is 0 Å². The van der Waals surface area contributed by atoms with Crippen LogP contribution in [0.1, 0.15) is 38.7 Å². The van der Waals surface area contributed by atoms with Gasteiger partial charge in [0.25, 0.3) is 0 Å². The first kappa shape index (κ1) is 17.6. The fourth-order valence-corrected chi connectivity index (χ4v) is 2.19. The maximum Gasteiger partial charge on any atom is 0.220 e. The molecule has 0 saturated heterocycles. The molecule has 0 radical (unpaired) electrons. The van der Waals surface area contributed by atoms with Gasteiger partial charge in [0.15, 0.2) is 11.6 Å². The van der Waals surface area contributed by atoms with Gasteiger partial charge in [-0.2, -0.15) is 0 Å². The van der Waals surface area contributed by atoms with Gasteiger partial charge >= 0.3 is 0 Å². The molecule has 1 aromatic carbocycles. The van der Waals surface area contributed by atoms with Crippen LogP contribution in [0.5, 0.6) is 0 Å². The molecule has 2 unspecified atom stereocenters. The number of aliphatic hydroxyl groups excluding tert-OH is 1. The number of hydrogen-bond donors (Lipinski definition) is 2. The summed E-state index contributed by atoms with van der Waals surface area (Å²) in [6, 6.07) is 3.79. The molecule has 1 amide bonds. The van der Waals surface area contributed by atoms with Gasteiger partial charge in [-0.15, -0.1) is 0 Å². The van der Waals surface area contributed by atoms with Gasteiger partial charge in [0, 0.05) is 13.0 Å². The molecule has 21 heavy (non-hydrogen) atoms. The molecule has 0 spiro atoms. The number of halogens is 2. The van der Waals surface area contributed by atoms with Crippen molar-refractivity contribution in [3.05, 3.63) is 35.4 Å². The zero-order valence-electron chi connectivity index (χ0n) is 12.5. The fraction of sp³-hybridized carbons (Fsp3) is 0.562. The summed E-state index contributed by atoms with van der Waals surface area (Å²) in [5, 5.41) is 12.0. The molecular weight excluding hydrogens is 276 g/mol. The highest BCUT2D eigenvalue weighted by Crippen LogP contribution is 2.11. The summed E-state index contributed by atoms with van der Waals surface area (Å²) in [6.45, 7) is 4.23. The predicted octanol–water partition coefficient (Wildman–Crippen LogP) is 2.81. The Morgan fingerprint density at radius 2 is 2.00 bits per heavy atom. The van der Waals surface area contributed by atoms with Crippen molar-refractivity contribution in [1.29, 1.82) is 0 Å². The molecule has 1 rings (SSSR count). The molecule has 0 aromatic heterocycles. The highest BCUT2D eigenvalue weighted by atomic mass is 19.2. The number of hydrogen-bond acceptors (Lipinski definition) is 2. The van der Waals surface area contributed by atoms with Crippen molar-refractivity contribution in [2.24, 2.45) is 5.92 Å². The summed E-state index contributed by atoms with van der Waals surface area (Å²) in [5.74, 6) is -1.55. The third kappa shape index (κ3) is 7.18. The van der Waals surface area contributed by atoms with Gasteiger partial charge in [0.2, 0.25) is 5.91 Å². The SMILES string of the molecule is CC(O)CC(C)CNC(=O)CCCc1ccc(F)c(F)c1. The van der Waals surface area contributed by atoms with Crippen molar-refractivity contribution in [3.63, 3.8) is 0 Å². The van der Waals surface area contributed by atoms with E-state index in [4.69, 9.17) is 0 Å². The predicted molar refractivity (Wildman–Crippen MR) is 77.8 cm³/mol. The third-order valence-corrected chi connectivity index (χ3v) is 3.24. The van der Waals surface area contributed by atoms with Gasteiger partial charge in [-0.1, -0.05) is 13.0 Å². The number of aliphatic hydroxyl groups is 1. The molecule has 118 valence electrons. The largest absolute Gasteiger partial charge is 0.393 e. The van der Waals surface area contributed by atoms with Crippen LogP contribution in [0, 0.1) is 17.6 Å². The third-order valence-electron chi connectivity index (χ3n) is 3.24. The minimum atomic E-state index is -0.858. The molecule has 3 nitrogen and oxygen atoms in total. The lowest BCUT2D eigenvalue weighted by molar-refractivity contribution is -0.121. The molecule has 2 N–H and O–H groups in total. The molecule has 1 aromatic rings. The van der Waals surface area contributed by atoms with E-state index < -0.39 is 11.6 Å². The number of carbonyl (C=O) groups excluding carboxylic acids is 1. The molecule has 0 heterocycles. The Hall–Kier alpha value is -1.49. The summed E-state index contributed by atoms with van der Waals surface area (Å²) in [4.78, 5) is 11.6. The van der Waals surface area contributed by atoms with E-state index in [0.29, 0.717) is 37.8 Å². The van der Waals surface area contributed by atoms with E-state index >= 15 is 0 Å². The van der Waals surface area contributed by atoms with Gasteiger partial charge in [-0.05, 0) is 49.8 Å². The number of benzene rings is 1. The quantitative estimate of drug-likeness (QED) is 0.775. The lowest BCUT2D eigenvalue weighted by Crippen LogP contribution is -2.29. The van der Waals surface area contributed by atoms with Crippen LogP contribution in [-0.2, 0) is 11.2 Å². The van der Waals surface area contributed by atoms with Crippen molar-refractivity contribution in [2.75, 3.05) is 6.54 Å². The summed E-state index contributed by atoms with van der Waals surface area (Å²) < 4.78 is 25.8. The summed E-state index contributed by atoms with van der Waals surface area (Å²) in [5.41, 5.74) is 0.684. The summed E-state index contributed by atoms with van der Waals surface area (Å²) >= 11 is 0. The number of aryl methyl sites for hydroxylation is 1. The first-order valence-corrected chi connectivity index (χ1v) is 7.27. The highest BCUT2D eigenvalue weighted by molar-refractivity contribution is 5.75. The number of amides is 1. The molecule has 2 atom stereocenters. The van der Waals surface area contributed by atoms with Crippen molar-refractivity contribution in [1.82, 2.24) is 5.32 Å². The molecular formula is C16H23F2NO2. The smallest absolute Gasteiger partial charge is 0.220 e. The van der Waals surface area contributed by atoms with E-state index in [0.717, 1.165) is 12.1 Å². The maximum atomic E-state index is 13.0. The molecule has 0 fully saturated rings. The number of rotatable bonds is 8. The Labute approximate surface area is 124 Å². The lowest BCUT2D eigenvalue weighted by Gasteiger charge is -2.14. The van der Waals surface area contributed by atoms with E-state index in [1.807, 2.05) is 6.92 Å². The van der Waals surface area contributed by atoms with Crippen LogP contribution in [0.4, 0.5) is 8.78 Å². The molecule has 0 aliphatic rings. The molecule has 0 bridgehead atoms. The Morgan fingerprint density at radius 1 is 1.29 bits per heavy atom. The van der Waals surface area contributed by atoms with Crippen LogP contribution in [0.3, 0.4) is 0 Å². The van der Waals surface area contributed by atoms with Gasteiger partial charge in [-0.25, -0.2) is 8.78 Å². The highest BCUT2D eigenvalue weighted by Gasteiger charge is 2.08. The van der Waals surface area contributed by atoms with Crippen LogP contribution >= 0.6 is 0 Å². The Balaban J connectivity index is 2.22. The van der Waals surface area contributed by atoms with Gasteiger partial charge in [-0.3, -0.25) is 4.79 Å². The zero-order valence-corrected chi connectivity index (χ0v) is 12.5. The topological polar surface area (TPSA) is 49.3 Å². The molecule has 0 aliphatic carbocycles. The minimum Gasteiger partial charge on any atom is -0.393 e. The fourth-order valence-electron chi connectivity index (χ4n) is 2.19. The van der Waals surface area contributed by atoms with Crippen LogP contribution in [0.2, 0.25) is 0 Å². The monoisotopic (exact) mass is 299 g/mol. The van der Waals surface area contributed by atoms with Gasteiger partial charge in [0.05, 0.1) is 6.10 Å². The first-order chi connectivity index (χ1) is 9.88. The van der Waals surface area contributed by atoms with Crippen LogP contribution in [0.25, 0.3) is 0 Å². The van der Waals surface area contributed by atoms with Gasteiger partial charge < -0.3 is 10.4 Å². The van der Waals surface area contributed by atoms with Crippen molar-refractivity contribution in [2.45, 2.75) is 45.6 Å². The Bertz CT molecular complexity index is 464. The summed E-state index contributed by atoms with van der Waals surface area (Å²) in [6.07, 6.45) is 1.75. The zero-order chi connectivity index (χ0) is 15.8. The summed E-state index contributed by atoms with van der Waals surface area (Å²) in [7, 11) is 0. The van der Waals surface area contributed by atoms with E-state index in [1.165, 1.54) is 6.07 Å². The Morgan fingerprint density at radius 3 is 2.62 bits per heavy atom. The van der Waals surface area contributed by atoms with Gasteiger partial charge in [0.1, 0.15) is 0 Å². The standard InChI is InChI=1S/C16H23F2NO2/c1-11(8-12(2)20)10-19-16(21)5-3-4-13-6-7-14(17)15(18)9-13/h6-7,9,11-12,20H,3-5,8,10H2,1-2H3,(H,19,21). The normalized spacial score (nSPS) is 13.8. The van der Waals surface area contributed by atoms with Crippen LogP contribution in [0.15, 0.2) is 18.2 Å². The number of carbonyl (C=O) groups is 1. The van der Waals surface area contributed by atoms with E-state index in [9.17, 15) is 18.7 Å². The van der Waals surface area contributed by atoms with E-state index in [-0.39, 0.29) is 17.9 Å². The lowest BCUT2D eigenvalue weighted by atomic mass is 10.0. The molecule has 0 saturated carbocycles. The minimum absolute atomic E-state index is 0.0602. The van der Waals surface area contributed by atoms with E-state index in [1.54, 1.807) is 6.92 Å². The van der Waals surface area contributed by atoms with Crippen molar-refractivity contribution < 1.29 is 18.7 Å². The number of nitrogens with one attached hydrogen (secondary N) is 1. The van der Waals surface area contributed by atoms with Crippen LogP contribution < -0.4 is 5.32 Å². The second-order valence-electron chi connectivity index (χ2n) is 5.60. The first-order valence-electron chi connectivity index (χ1n) is 7.27.